The van der Waals surface area contributed by atoms with Gasteiger partial charge in [-0.15, -0.1) is 0 Å². The Kier molecular flexibility index (Phi) is 5.27. The molecule has 0 spiro atoms. The summed E-state index contributed by atoms with van der Waals surface area (Å²) in [6.45, 7) is 21.4. The predicted molar refractivity (Wildman–Crippen MR) is 83.1 cm³/mol. The van der Waals surface area contributed by atoms with Crippen LogP contribution >= 0.6 is 0 Å². The van der Waals surface area contributed by atoms with Crippen molar-refractivity contribution >= 4 is 5.91 Å². The number of rotatable bonds is 3. The molecule has 0 aromatic heterocycles. The summed E-state index contributed by atoms with van der Waals surface area (Å²) in [5.74, 6) is 0.125. The van der Waals surface area contributed by atoms with Crippen molar-refractivity contribution in [3.8, 4) is 0 Å². The number of hydrogen-bond donors (Lipinski definition) is 1. The fraction of sp³-hybridized carbons (Fsp3) is 0.938. The van der Waals surface area contributed by atoms with E-state index in [1.165, 1.54) is 0 Å². The van der Waals surface area contributed by atoms with Gasteiger partial charge in [-0.1, -0.05) is 0 Å². The lowest BCUT2D eigenvalue weighted by Crippen LogP contribution is -2.77. The molecule has 114 valence electrons. The minimum Gasteiger partial charge on any atom is -0.359 e. The molecule has 1 N–H and O–H groups in total. The maximum absolute atomic E-state index is 11.7. The number of hydrogen-bond acceptors (Lipinski definition) is 1. The lowest BCUT2D eigenvalue weighted by Gasteiger charge is -2.64. The van der Waals surface area contributed by atoms with Gasteiger partial charge in [-0.3, -0.25) is 4.79 Å². The smallest absolute Gasteiger partial charge is 0.225 e. The Labute approximate surface area is 120 Å². The second kappa shape index (κ2) is 5.43. The van der Waals surface area contributed by atoms with Gasteiger partial charge < -0.3 is 9.80 Å². The number of carbonyl (C=O) groups excluding carboxylic acids is 1. The predicted octanol–water partition coefficient (Wildman–Crippen LogP) is 3.33. The van der Waals surface area contributed by atoms with Crippen LogP contribution in [0.25, 0.3) is 0 Å². The third-order valence-electron chi connectivity index (χ3n) is 4.39. The Morgan fingerprint density at radius 2 is 1.16 bits per heavy atom. The minimum atomic E-state index is 0.0739. The van der Waals surface area contributed by atoms with E-state index >= 15 is 0 Å². The standard InChI is InChI=1S/C16H34N2O/c1-14(2,3)18(15(4,5)6,16(7,8)9)12-11-13(19)17-10/h11-12H2,1-10H3/p+1. The molecule has 0 aliphatic heterocycles. The number of nitrogens with zero attached hydrogens (tertiary/aromatic N) is 1. The van der Waals surface area contributed by atoms with Crippen LogP contribution in [0, 0.1) is 0 Å². The SMILES string of the molecule is CNC(=O)CC[N+](C(C)(C)C)(C(C)(C)C)C(C)(C)C. The summed E-state index contributed by atoms with van der Waals surface area (Å²) in [5.41, 5.74) is 0.222. The van der Waals surface area contributed by atoms with Crippen molar-refractivity contribution in [3.63, 3.8) is 0 Å². The molecule has 0 fully saturated rings. The van der Waals surface area contributed by atoms with E-state index in [9.17, 15) is 4.79 Å². The first-order chi connectivity index (χ1) is 8.20. The molecule has 0 aliphatic carbocycles. The van der Waals surface area contributed by atoms with Gasteiger partial charge >= 0.3 is 0 Å². The minimum absolute atomic E-state index is 0.0739. The quantitative estimate of drug-likeness (QED) is 0.784. The first-order valence-corrected chi connectivity index (χ1v) is 7.29. The molecule has 0 saturated carbocycles. The van der Waals surface area contributed by atoms with E-state index in [-0.39, 0.29) is 22.5 Å². The highest BCUT2D eigenvalue weighted by atomic mass is 16.1. The van der Waals surface area contributed by atoms with Crippen molar-refractivity contribution in [2.24, 2.45) is 0 Å². The Bertz CT molecular complexity index is 277. The molecule has 0 aliphatic rings. The first kappa shape index (κ1) is 18.4. The van der Waals surface area contributed by atoms with Gasteiger partial charge in [0.25, 0.3) is 0 Å². The molecule has 1 amide bonds. The zero-order valence-electron chi connectivity index (χ0n) is 14.8. The van der Waals surface area contributed by atoms with Crippen molar-refractivity contribution in [1.29, 1.82) is 0 Å². The molecule has 0 atom stereocenters. The highest BCUT2D eigenvalue weighted by molar-refractivity contribution is 5.75. The Morgan fingerprint density at radius 3 is 1.37 bits per heavy atom. The van der Waals surface area contributed by atoms with Gasteiger partial charge in [0, 0.05) is 7.05 Å². The molecule has 0 aromatic carbocycles. The Hall–Kier alpha value is -0.570. The molecule has 0 saturated heterocycles. The van der Waals surface area contributed by atoms with Crippen LogP contribution in [0.3, 0.4) is 0 Å². The molecule has 0 radical (unpaired) electrons. The number of nitrogens with one attached hydrogen (secondary N) is 1. The van der Waals surface area contributed by atoms with Crippen LogP contribution in [-0.4, -0.2) is 40.6 Å². The molecular weight excluding hydrogens is 236 g/mol. The lowest BCUT2D eigenvalue weighted by atomic mass is 9.81. The van der Waals surface area contributed by atoms with Crippen molar-refractivity contribution in [2.75, 3.05) is 13.6 Å². The molecule has 3 heteroatoms. The van der Waals surface area contributed by atoms with Gasteiger partial charge in [0.1, 0.15) is 0 Å². The first-order valence-electron chi connectivity index (χ1n) is 7.29. The maximum Gasteiger partial charge on any atom is 0.225 e. The van der Waals surface area contributed by atoms with Gasteiger partial charge in [0.15, 0.2) is 0 Å². The Morgan fingerprint density at radius 1 is 0.842 bits per heavy atom. The van der Waals surface area contributed by atoms with E-state index in [4.69, 9.17) is 0 Å². The summed E-state index contributed by atoms with van der Waals surface area (Å²) >= 11 is 0. The van der Waals surface area contributed by atoms with Crippen LogP contribution in [0.4, 0.5) is 0 Å². The molecular formula is C16H35N2O+. The van der Waals surface area contributed by atoms with Crippen molar-refractivity contribution in [1.82, 2.24) is 5.32 Å². The van der Waals surface area contributed by atoms with Gasteiger partial charge in [0.2, 0.25) is 5.91 Å². The number of amides is 1. The van der Waals surface area contributed by atoms with E-state index in [1.54, 1.807) is 7.05 Å². The summed E-state index contributed by atoms with van der Waals surface area (Å²) in [7, 11) is 1.71. The van der Waals surface area contributed by atoms with Crippen LogP contribution in [0.15, 0.2) is 0 Å². The van der Waals surface area contributed by atoms with E-state index in [1.807, 2.05) is 0 Å². The normalized spacial score (nSPS) is 14.4. The van der Waals surface area contributed by atoms with Crippen LogP contribution in [0.5, 0.6) is 0 Å². The van der Waals surface area contributed by atoms with Gasteiger partial charge in [-0.2, -0.15) is 0 Å². The zero-order chi connectivity index (χ0) is 15.7. The van der Waals surface area contributed by atoms with E-state index in [0.717, 1.165) is 11.0 Å². The van der Waals surface area contributed by atoms with Crippen LogP contribution in [-0.2, 0) is 4.79 Å². The van der Waals surface area contributed by atoms with Crippen molar-refractivity contribution < 1.29 is 9.28 Å². The summed E-state index contributed by atoms with van der Waals surface area (Å²) in [6, 6.07) is 0. The molecule has 19 heavy (non-hydrogen) atoms. The molecule has 3 nitrogen and oxygen atoms in total. The molecule has 0 aromatic rings. The second-order valence-corrected chi connectivity index (χ2v) is 8.47. The molecule has 0 rings (SSSR count). The molecule has 0 bridgehead atoms. The highest BCUT2D eigenvalue weighted by Gasteiger charge is 2.56. The van der Waals surface area contributed by atoms with Crippen LogP contribution in [0.2, 0.25) is 0 Å². The summed E-state index contributed by atoms with van der Waals surface area (Å²) in [5, 5.41) is 2.74. The van der Waals surface area contributed by atoms with E-state index in [0.29, 0.717) is 6.42 Å². The van der Waals surface area contributed by atoms with Gasteiger partial charge in [-0.25, -0.2) is 0 Å². The van der Waals surface area contributed by atoms with Crippen LogP contribution in [0.1, 0.15) is 68.7 Å². The highest BCUT2D eigenvalue weighted by Crippen LogP contribution is 2.43. The lowest BCUT2D eigenvalue weighted by molar-refractivity contribution is -1.05. The topological polar surface area (TPSA) is 29.1 Å². The average molecular weight is 271 g/mol. The summed E-state index contributed by atoms with van der Waals surface area (Å²) < 4.78 is 0.903. The van der Waals surface area contributed by atoms with E-state index in [2.05, 4.69) is 67.6 Å². The third-order valence-corrected chi connectivity index (χ3v) is 4.39. The second-order valence-electron chi connectivity index (χ2n) is 8.47. The third kappa shape index (κ3) is 3.50. The summed E-state index contributed by atoms with van der Waals surface area (Å²) in [6.07, 6.45) is 0.572. The number of quaternary nitrogens is 1. The van der Waals surface area contributed by atoms with Crippen molar-refractivity contribution in [3.05, 3.63) is 0 Å². The number of carbonyl (C=O) groups is 1. The fourth-order valence-corrected chi connectivity index (χ4v) is 4.42. The zero-order valence-corrected chi connectivity index (χ0v) is 14.8. The fourth-order valence-electron chi connectivity index (χ4n) is 4.42. The maximum atomic E-state index is 11.7. The Balaban J connectivity index is 5.75. The molecule has 0 unspecified atom stereocenters. The van der Waals surface area contributed by atoms with Crippen molar-refractivity contribution in [2.45, 2.75) is 85.4 Å². The van der Waals surface area contributed by atoms with Gasteiger partial charge in [0.05, 0.1) is 29.6 Å². The summed E-state index contributed by atoms with van der Waals surface area (Å²) in [4.78, 5) is 11.7. The largest absolute Gasteiger partial charge is 0.359 e. The average Bonchev–Trinajstić information content (AvgIpc) is 2.11. The van der Waals surface area contributed by atoms with Gasteiger partial charge in [-0.05, 0) is 62.3 Å². The monoisotopic (exact) mass is 271 g/mol. The van der Waals surface area contributed by atoms with Crippen LogP contribution < -0.4 is 5.32 Å². The molecule has 0 heterocycles. The van der Waals surface area contributed by atoms with E-state index < -0.39 is 0 Å².